The van der Waals surface area contributed by atoms with E-state index in [1.807, 2.05) is 7.76 Å². The zero-order valence-electron chi connectivity index (χ0n) is 21.4. The van der Waals surface area contributed by atoms with Crippen molar-refractivity contribution in [3.05, 3.63) is 114 Å². The van der Waals surface area contributed by atoms with Crippen LogP contribution in [0.5, 0.6) is 0 Å². The molecule has 0 unspecified atom stereocenters. The van der Waals surface area contributed by atoms with Crippen molar-refractivity contribution >= 4 is 16.1 Å². The van der Waals surface area contributed by atoms with Crippen LogP contribution in [0.2, 0.25) is 39.3 Å². The Kier molecular flexibility index (Phi) is 7.22. The predicted octanol–water partition coefficient (Wildman–Crippen LogP) is 8.72. The molecule has 3 heteroatoms. The Morgan fingerprint density at radius 1 is 0.576 bits per heavy atom. The van der Waals surface area contributed by atoms with E-state index in [-0.39, 0.29) is 0 Å². The molecule has 0 radical (unpaired) electrons. The molecular weight excluding hydrogens is 464 g/mol. The molecule has 0 N–H and O–H groups in total. The van der Waals surface area contributed by atoms with Gasteiger partial charge in [0.25, 0.3) is 0 Å². The fraction of sp³-hybridized carbons (Fsp3) is 0.333. The van der Waals surface area contributed by atoms with Crippen molar-refractivity contribution in [2.24, 2.45) is 0 Å². The summed E-state index contributed by atoms with van der Waals surface area (Å²) in [4.78, 5) is 0. The van der Waals surface area contributed by atoms with E-state index < -0.39 is 32.7 Å². The van der Waals surface area contributed by atoms with Gasteiger partial charge in [-0.3, -0.25) is 0 Å². The summed E-state index contributed by atoms with van der Waals surface area (Å²) in [7, 11) is -2.88. The third-order valence-electron chi connectivity index (χ3n) is 7.33. The SMILES string of the molecule is C[Si](C)(C)C1=[C]([Ti]([CH2]c2ccccc2)([CH2]c2ccccc2)[C]2=C([Si](C)(C)C)C=CC2)CC=C1. The first-order valence-electron chi connectivity index (χ1n) is 12.5. The second kappa shape index (κ2) is 9.66. The molecule has 0 fully saturated rings. The van der Waals surface area contributed by atoms with Gasteiger partial charge in [-0.25, -0.2) is 0 Å². The van der Waals surface area contributed by atoms with E-state index in [1.54, 1.807) is 10.4 Å². The monoisotopic (exact) mass is 504 g/mol. The zero-order chi connectivity index (χ0) is 23.7. The molecule has 0 saturated carbocycles. The molecule has 172 valence electrons. The molecule has 0 nitrogen and oxygen atoms in total. The first-order valence-corrected chi connectivity index (χ1v) is 23.3. The Morgan fingerprint density at radius 3 is 1.27 bits per heavy atom. The number of hydrogen-bond acceptors (Lipinski definition) is 0. The van der Waals surface area contributed by atoms with Crippen LogP contribution in [0.25, 0.3) is 0 Å². The number of benzene rings is 2. The van der Waals surface area contributed by atoms with Crippen LogP contribution in [-0.4, -0.2) is 16.1 Å². The van der Waals surface area contributed by atoms with E-state index in [2.05, 4.69) is 124 Å². The number of hydrogen-bond donors (Lipinski definition) is 0. The second-order valence-electron chi connectivity index (χ2n) is 11.9. The van der Waals surface area contributed by atoms with Crippen molar-refractivity contribution in [2.75, 3.05) is 0 Å². The molecule has 2 aliphatic carbocycles. The molecule has 0 saturated heterocycles. The molecule has 0 heterocycles. The minimum atomic E-state index is -2.78. The van der Waals surface area contributed by atoms with Crippen LogP contribution in [0.15, 0.2) is 103 Å². The van der Waals surface area contributed by atoms with Crippen LogP contribution >= 0.6 is 0 Å². The molecule has 2 aromatic rings. The summed E-state index contributed by atoms with van der Waals surface area (Å²) in [5.74, 6) is 0. The van der Waals surface area contributed by atoms with E-state index >= 15 is 0 Å². The standard InChI is InChI=1S/2C8H13Si.2C7H7.Ti/c2*1-9(2,3)8-6-4-5-7-8;2*1-7-5-3-2-4-6-7;/h2*4,6H,5H2,1-3H3;2*2-6H,1H2;. The van der Waals surface area contributed by atoms with Crippen LogP contribution in [0, 0.1) is 0 Å². The Balaban J connectivity index is 2.02. The Morgan fingerprint density at radius 2 is 0.939 bits per heavy atom. The van der Waals surface area contributed by atoms with E-state index in [9.17, 15) is 0 Å². The Labute approximate surface area is 207 Å². The summed E-state index contributed by atoms with van der Waals surface area (Å²) >= 11 is -2.78. The average molecular weight is 505 g/mol. The van der Waals surface area contributed by atoms with E-state index in [4.69, 9.17) is 0 Å². The van der Waals surface area contributed by atoms with Crippen LogP contribution in [0.4, 0.5) is 0 Å². The van der Waals surface area contributed by atoms with Crippen molar-refractivity contribution in [2.45, 2.75) is 61.6 Å². The van der Waals surface area contributed by atoms with Gasteiger partial charge in [-0.05, 0) is 0 Å². The molecule has 4 rings (SSSR count). The average Bonchev–Trinajstić information content (AvgIpc) is 3.45. The predicted molar refractivity (Wildman–Crippen MR) is 149 cm³/mol. The van der Waals surface area contributed by atoms with Crippen LogP contribution in [0.3, 0.4) is 0 Å². The van der Waals surface area contributed by atoms with Gasteiger partial charge in [-0.15, -0.1) is 0 Å². The van der Waals surface area contributed by atoms with Crippen LogP contribution in [0.1, 0.15) is 24.0 Å². The minimum absolute atomic E-state index is 1.18. The first-order chi connectivity index (χ1) is 15.6. The molecule has 2 aromatic carbocycles. The van der Waals surface area contributed by atoms with Crippen molar-refractivity contribution in [3.8, 4) is 0 Å². The van der Waals surface area contributed by atoms with Gasteiger partial charge in [0.1, 0.15) is 0 Å². The van der Waals surface area contributed by atoms with E-state index in [0.717, 1.165) is 0 Å². The number of allylic oxidation sites excluding steroid dienone is 8. The summed E-state index contributed by atoms with van der Waals surface area (Å²) in [6, 6.07) is 22.9. The molecule has 0 atom stereocenters. The molecule has 0 aliphatic heterocycles. The van der Waals surface area contributed by atoms with Crippen LogP contribution < -0.4 is 0 Å². The fourth-order valence-corrected chi connectivity index (χ4v) is 23.1. The van der Waals surface area contributed by atoms with Gasteiger partial charge < -0.3 is 0 Å². The second-order valence-corrected chi connectivity index (χ2v) is 28.4. The van der Waals surface area contributed by atoms with Gasteiger partial charge in [0, 0.05) is 0 Å². The molecule has 33 heavy (non-hydrogen) atoms. The molecular formula is C30H40Si2Ti. The zero-order valence-corrected chi connectivity index (χ0v) is 25.0. The molecule has 0 amide bonds. The maximum atomic E-state index is 2.55. The van der Waals surface area contributed by atoms with Gasteiger partial charge in [0.2, 0.25) is 0 Å². The summed E-state index contributed by atoms with van der Waals surface area (Å²) in [6.07, 6.45) is 12.4. The summed E-state index contributed by atoms with van der Waals surface area (Å²) in [5.41, 5.74) is 3.08. The summed E-state index contributed by atoms with van der Waals surface area (Å²) in [6.45, 7) is 15.3. The number of rotatable bonds is 8. The first kappa shape index (κ1) is 24.7. The van der Waals surface area contributed by atoms with Gasteiger partial charge >= 0.3 is 209 Å². The normalized spacial score (nSPS) is 16.9. The molecule has 0 spiro atoms. The molecule has 2 aliphatic rings. The van der Waals surface area contributed by atoms with Gasteiger partial charge in [-0.1, -0.05) is 0 Å². The van der Waals surface area contributed by atoms with Crippen molar-refractivity contribution in [3.63, 3.8) is 0 Å². The summed E-state index contributed by atoms with van der Waals surface area (Å²) < 4.78 is 6.34. The third-order valence-corrected chi connectivity index (χ3v) is 20.5. The van der Waals surface area contributed by atoms with Crippen molar-refractivity contribution in [1.29, 1.82) is 0 Å². The quantitative estimate of drug-likeness (QED) is 0.315. The van der Waals surface area contributed by atoms with E-state index in [0.29, 0.717) is 0 Å². The molecule has 0 bridgehead atoms. The van der Waals surface area contributed by atoms with Crippen molar-refractivity contribution in [1.82, 2.24) is 0 Å². The van der Waals surface area contributed by atoms with Gasteiger partial charge in [-0.2, -0.15) is 0 Å². The maximum absolute atomic E-state index is 2.78. The van der Waals surface area contributed by atoms with Crippen LogP contribution in [-0.2, 0) is 26.0 Å². The third kappa shape index (κ3) is 5.30. The van der Waals surface area contributed by atoms with E-state index in [1.165, 1.54) is 33.4 Å². The van der Waals surface area contributed by atoms with Gasteiger partial charge in [0.15, 0.2) is 0 Å². The fourth-order valence-electron chi connectivity index (χ4n) is 5.88. The molecule has 0 aromatic heterocycles. The summed E-state index contributed by atoms with van der Waals surface area (Å²) in [5, 5.41) is 3.53. The Bertz CT molecular complexity index is 1020. The van der Waals surface area contributed by atoms with Gasteiger partial charge in [0.05, 0.1) is 0 Å². The Hall–Kier alpha value is -1.45. The van der Waals surface area contributed by atoms with Crippen molar-refractivity contribution < 1.29 is 16.6 Å². The topological polar surface area (TPSA) is 0 Å².